The van der Waals surface area contributed by atoms with E-state index in [0.29, 0.717) is 18.0 Å². The number of rotatable bonds is 4. The predicted octanol–water partition coefficient (Wildman–Crippen LogP) is 1.22. The van der Waals surface area contributed by atoms with E-state index in [0.717, 1.165) is 12.8 Å². The summed E-state index contributed by atoms with van der Waals surface area (Å²) in [6.45, 7) is 0.460. The maximum atomic E-state index is 12.0. The van der Waals surface area contributed by atoms with Crippen LogP contribution in [0.3, 0.4) is 0 Å². The van der Waals surface area contributed by atoms with Gasteiger partial charge in [-0.05, 0) is 37.0 Å². The van der Waals surface area contributed by atoms with Crippen molar-refractivity contribution in [1.29, 1.82) is 5.26 Å². The molecule has 1 fully saturated rings. The molecule has 96 valence electrons. The van der Waals surface area contributed by atoms with Gasteiger partial charge in [-0.3, -0.25) is 0 Å². The van der Waals surface area contributed by atoms with Crippen molar-refractivity contribution in [3.05, 3.63) is 23.8 Å². The van der Waals surface area contributed by atoms with Crippen LogP contribution in [-0.2, 0) is 10.0 Å². The molecule has 1 aliphatic carbocycles. The van der Waals surface area contributed by atoms with E-state index < -0.39 is 10.0 Å². The number of benzene rings is 1. The quantitative estimate of drug-likeness (QED) is 0.800. The van der Waals surface area contributed by atoms with E-state index in [2.05, 4.69) is 4.72 Å². The lowest BCUT2D eigenvalue weighted by Gasteiger charge is -2.25. The minimum Gasteiger partial charge on any atom is -0.398 e. The molecule has 0 atom stereocenters. The molecule has 0 radical (unpaired) electrons. The highest BCUT2D eigenvalue weighted by Gasteiger charge is 2.22. The molecule has 0 amide bonds. The molecule has 0 spiro atoms. The van der Waals surface area contributed by atoms with Gasteiger partial charge in [0.2, 0.25) is 10.0 Å². The third-order valence-corrected chi connectivity index (χ3v) is 4.71. The monoisotopic (exact) mass is 265 g/mol. The van der Waals surface area contributed by atoms with Gasteiger partial charge in [0.05, 0.1) is 17.3 Å². The molecule has 5 nitrogen and oxygen atoms in total. The van der Waals surface area contributed by atoms with Crippen molar-refractivity contribution in [2.45, 2.75) is 24.2 Å². The maximum absolute atomic E-state index is 12.0. The molecule has 18 heavy (non-hydrogen) atoms. The summed E-state index contributed by atoms with van der Waals surface area (Å²) in [5.41, 5.74) is 6.12. The van der Waals surface area contributed by atoms with Gasteiger partial charge in [-0.2, -0.15) is 5.26 Å². The largest absolute Gasteiger partial charge is 0.398 e. The van der Waals surface area contributed by atoms with Crippen molar-refractivity contribution in [3.63, 3.8) is 0 Å². The zero-order chi connectivity index (χ0) is 13.2. The molecule has 3 N–H and O–H groups in total. The zero-order valence-corrected chi connectivity index (χ0v) is 10.7. The number of nitrogens with zero attached hydrogens (tertiary/aromatic N) is 1. The van der Waals surface area contributed by atoms with Crippen molar-refractivity contribution < 1.29 is 8.42 Å². The first kappa shape index (κ1) is 12.9. The zero-order valence-electron chi connectivity index (χ0n) is 9.89. The summed E-state index contributed by atoms with van der Waals surface area (Å²) in [6.07, 6.45) is 3.32. The Bertz CT molecular complexity index is 586. The second-order valence-corrected chi connectivity index (χ2v) is 6.25. The fourth-order valence-corrected chi connectivity index (χ4v) is 3.09. The average Bonchev–Trinajstić information content (AvgIpc) is 2.26. The molecule has 6 heteroatoms. The lowest BCUT2D eigenvalue weighted by molar-refractivity contribution is 0.316. The Morgan fingerprint density at radius 3 is 2.67 bits per heavy atom. The molecule has 1 aliphatic rings. The molecular weight excluding hydrogens is 250 g/mol. The van der Waals surface area contributed by atoms with E-state index in [-0.39, 0.29) is 10.6 Å². The summed E-state index contributed by atoms with van der Waals surface area (Å²) in [5.74, 6) is 0.444. The standard InChI is InChI=1S/C12H15N3O2S/c13-7-10-4-5-12(11(14)6-10)18(16,17)15-8-9-2-1-3-9/h4-6,9,15H,1-3,8,14H2. The van der Waals surface area contributed by atoms with Crippen LogP contribution in [0.15, 0.2) is 23.1 Å². The smallest absolute Gasteiger partial charge is 0.242 e. The van der Waals surface area contributed by atoms with Gasteiger partial charge in [-0.25, -0.2) is 13.1 Å². The molecule has 2 rings (SSSR count). The molecular formula is C12H15N3O2S. The van der Waals surface area contributed by atoms with Crippen molar-refractivity contribution in [2.24, 2.45) is 5.92 Å². The van der Waals surface area contributed by atoms with E-state index >= 15 is 0 Å². The summed E-state index contributed by atoms with van der Waals surface area (Å²) in [7, 11) is -3.57. The number of sulfonamides is 1. The van der Waals surface area contributed by atoms with Gasteiger partial charge >= 0.3 is 0 Å². The first-order chi connectivity index (χ1) is 8.53. The summed E-state index contributed by atoms with van der Waals surface area (Å²) < 4.78 is 26.6. The minimum absolute atomic E-state index is 0.0424. The van der Waals surface area contributed by atoms with Gasteiger partial charge in [-0.15, -0.1) is 0 Å². The van der Waals surface area contributed by atoms with Gasteiger partial charge in [-0.1, -0.05) is 6.42 Å². The van der Waals surface area contributed by atoms with Crippen LogP contribution in [0.4, 0.5) is 5.69 Å². The number of anilines is 1. The van der Waals surface area contributed by atoms with Gasteiger partial charge in [0, 0.05) is 6.54 Å². The summed E-state index contributed by atoms with van der Waals surface area (Å²) in [5, 5.41) is 8.70. The van der Waals surface area contributed by atoms with E-state index in [9.17, 15) is 8.42 Å². The molecule has 1 aromatic carbocycles. The second kappa shape index (κ2) is 4.96. The third kappa shape index (κ3) is 2.63. The van der Waals surface area contributed by atoms with Crippen molar-refractivity contribution in [1.82, 2.24) is 4.72 Å². The normalized spacial score (nSPS) is 15.9. The van der Waals surface area contributed by atoms with Crippen molar-refractivity contribution in [3.8, 4) is 6.07 Å². The first-order valence-electron chi connectivity index (χ1n) is 5.82. The van der Waals surface area contributed by atoms with Crippen LogP contribution in [0, 0.1) is 17.2 Å². The molecule has 1 saturated carbocycles. The molecule has 0 aliphatic heterocycles. The summed E-state index contributed by atoms with van der Waals surface area (Å²) in [4.78, 5) is 0.0424. The third-order valence-electron chi connectivity index (χ3n) is 3.22. The number of hydrogen-bond donors (Lipinski definition) is 2. The van der Waals surface area contributed by atoms with Gasteiger partial charge in [0.1, 0.15) is 4.90 Å². The fourth-order valence-electron chi connectivity index (χ4n) is 1.86. The molecule has 1 aromatic rings. The summed E-state index contributed by atoms with van der Waals surface area (Å²) in [6, 6.07) is 6.12. The van der Waals surface area contributed by atoms with Crippen LogP contribution < -0.4 is 10.5 Å². The average molecular weight is 265 g/mol. The molecule has 0 bridgehead atoms. The van der Waals surface area contributed by atoms with Gasteiger partial charge in [0.25, 0.3) is 0 Å². The highest BCUT2D eigenvalue weighted by Crippen LogP contribution is 2.26. The minimum atomic E-state index is -3.57. The number of nitrogen functional groups attached to an aromatic ring is 1. The Kier molecular flexibility index (Phi) is 3.55. The van der Waals surface area contributed by atoms with Crippen LogP contribution in [-0.4, -0.2) is 15.0 Å². The van der Waals surface area contributed by atoms with Crippen LogP contribution >= 0.6 is 0 Å². The second-order valence-electron chi connectivity index (χ2n) is 4.51. The van der Waals surface area contributed by atoms with Gasteiger partial charge in [0.15, 0.2) is 0 Å². The van der Waals surface area contributed by atoms with Crippen LogP contribution in [0.5, 0.6) is 0 Å². The fraction of sp³-hybridized carbons (Fsp3) is 0.417. The molecule has 0 unspecified atom stereocenters. The molecule has 0 saturated heterocycles. The van der Waals surface area contributed by atoms with E-state index in [1.54, 1.807) is 0 Å². The highest BCUT2D eigenvalue weighted by atomic mass is 32.2. The number of nitrogens with one attached hydrogen (secondary N) is 1. The Hall–Kier alpha value is -1.58. The Labute approximate surface area is 107 Å². The lowest BCUT2D eigenvalue weighted by atomic mass is 9.86. The van der Waals surface area contributed by atoms with Crippen LogP contribution in [0.25, 0.3) is 0 Å². The molecule has 0 heterocycles. The molecule has 0 aromatic heterocycles. The maximum Gasteiger partial charge on any atom is 0.242 e. The van der Waals surface area contributed by atoms with Gasteiger partial charge < -0.3 is 5.73 Å². The number of hydrogen-bond acceptors (Lipinski definition) is 4. The van der Waals surface area contributed by atoms with E-state index in [4.69, 9.17) is 11.0 Å². The Morgan fingerprint density at radius 1 is 1.44 bits per heavy atom. The van der Waals surface area contributed by atoms with E-state index in [1.165, 1.54) is 24.6 Å². The SMILES string of the molecule is N#Cc1ccc(S(=O)(=O)NCC2CCC2)c(N)c1. The van der Waals surface area contributed by atoms with Crippen molar-refractivity contribution >= 4 is 15.7 Å². The first-order valence-corrected chi connectivity index (χ1v) is 7.30. The number of nitriles is 1. The van der Waals surface area contributed by atoms with Crippen LogP contribution in [0.1, 0.15) is 24.8 Å². The lowest BCUT2D eigenvalue weighted by Crippen LogP contribution is -2.32. The number of nitrogens with two attached hydrogens (primary N) is 1. The van der Waals surface area contributed by atoms with Crippen LogP contribution in [0.2, 0.25) is 0 Å². The van der Waals surface area contributed by atoms with Crippen molar-refractivity contribution in [2.75, 3.05) is 12.3 Å². The topological polar surface area (TPSA) is 96.0 Å². The Balaban J connectivity index is 2.16. The summed E-state index contributed by atoms with van der Waals surface area (Å²) >= 11 is 0. The Morgan fingerprint density at radius 2 is 2.17 bits per heavy atom. The predicted molar refractivity (Wildman–Crippen MR) is 68.1 cm³/mol. The highest BCUT2D eigenvalue weighted by molar-refractivity contribution is 7.89. The van der Waals surface area contributed by atoms with E-state index in [1.807, 2.05) is 6.07 Å².